The molecule has 0 bridgehead atoms. The predicted octanol–water partition coefficient (Wildman–Crippen LogP) is 2.19. The highest BCUT2D eigenvalue weighted by atomic mass is 16.5. The van der Waals surface area contributed by atoms with E-state index in [1.807, 2.05) is 24.8 Å². The van der Waals surface area contributed by atoms with Crippen LogP contribution in [-0.4, -0.2) is 27.7 Å². The number of hydrogen-bond acceptors (Lipinski definition) is 5. The molecule has 106 valence electrons. The first-order chi connectivity index (χ1) is 9.63. The van der Waals surface area contributed by atoms with Crippen LogP contribution in [0.4, 0.5) is 0 Å². The molecular formula is C14H17N3O3. The SMILES string of the molecule is Cc1cc(CC(=O)N2CCCC2c2cc(C)on2)on1. The number of hydrogen-bond donors (Lipinski definition) is 0. The van der Waals surface area contributed by atoms with Crippen LogP contribution in [0.5, 0.6) is 0 Å². The van der Waals surface area contributed by atoms with Gasteiger partial charge in [-0.3, -0.25) is 4.79 Å². The van der Waals surface area contributed by atoms with E-state index < -0.39 is 0 Å². The van der Waals surface area contributed by atoms with Gasteiger partial charge in [0.05, 0.1) is 18.2 Å². The Morgan fingerprint density at radius 3 is 2.85 bits per heavy atom. The lowest BCUT2D eigenvalue weighted by atomic mass is 10.1. The number of rotatable bonds is 3. The minimum atomic E-state index is 0.0176. The number of nitrogens with zero attached hydrogens (tertiary/aromatic N) is 3. The summed E-state index contributed by atoms with van der Waals surface area (Å²) in [6, 6.07) is 3.71. The van der Waals surface area contributed by atoms with Crippen molar-refractivity contribution in [1.82, 2.24) is 15.2 Å². The molecule has 1 atom stereocenters. The van der Waals surface area contributed by atoms with Crippen LogP contribution >= 0.6 is 0 Å². The summed E-state index contributed by atoms with van der Waals surface area (Å²) in [5, 5.41) is 7.84. The van der Waals surface area contributed by atoms with Gasteiger partial charge in [0.15, 0.2) is 0 Å². The normalized spacial score (nSPS) is 18.7. The summed E-state index contributed by atoms with van der Waals surface area (Å²) in [5.74, 6) is 1.42. The Hall–Kier alpha value is -2.11. The molecule has 0 aliphatic carbocycles. The smallest absolute Gasteiger partial charge is 0.230 e. The molecule has 0 radical (unpaired) electrons. The number of carbonyl (C=O) groups excluding carboxylic acids is 1. The highest BCUT2D eigenvalue weighted by Gasteiger charge is 2.32. The molecule has 1 amide bonds. The van der Waals surface area contributed by atoms with Crippen LogP contribution in [0.25, 0.3) is 0 Å². The van der Waals surface area contributed by atoms with Crippen molar-refractivity contribution in [2.24, 2.45) is 0 Å². The summed E-state index contributed by atoms with van der Waals surface area (Å²) < 4.78 is 10.2. The molecule has 1 fully saturated rings. The number of aryl methyl sites for hydroxylation is 2. The lowest BCUT2D eigenvalue weighted by Gasteiger charge is -2.22. The average molecular weight is 275 g/mol. The zero-order chi connectivity index (χ0) is 14.1. The Morgan fingerprint density at radius 1 is 1.35 bits per heavy atom. The van der Waals surface area contributed by atoms with Crippen LogP contribution in [-0.2, 0) is 11.2 Å². The summed E-state index contributed by atoms with van der Waals surface area (Å²) in [7, 11) is 0. The monoisotopic (exact) mass is 275 g/mol. The Kier molecular flexibility index (Phi) is 3.30. The van der Waals surface area contributed by atoms with E-state index in [2.05, 4.69) is 10.3 Å². The number of carbonyl (C=O) groups is 1. The van der Waals surface area contributed by atoms with Crippen molar-refractivity contribution in [3.8, 4) is 0 Å². The van der Waals surface area contributed by atoms with E-state index in [-0.39, 0.29) is 18.4 Å². The molecule has 0 aromatic carbocycles. The molecule has 1 aliphatic heterocycles. The molecule has 6 nitrogen and oxygen atoms in total. The second-order valence-electron chi connectivity index (χ2n) is 5.22. The van der Waals surface area contributed by atoms with E-state index >= 15 is 0 Å². The van der Waals surface area contributed by atoms with Crippen LogP contribution in [0, 0.1) is 13.8 Å². The van der Waals surface area contributed by atoms with Gasteiger partial charge in [0, 0.05) is 18.7 Å². The lowest BCUT2D eigenvalue weighted by Crippen LogP contribution is -2.31. The van der Waals surface area contributed by atoms with E-state index in [4.69, 9.17) is 9.05 Å². The molecule has 0 spiro atoms. The molecule has 1 aliphatic rings. The Morgan fingerprint density at radius 2 is 2.20 bits per heavy atom. The second-order valence-corrected chi connectivity index (χ2v) is 5.22. The fraction of sp³-hybridized carbons (Fsp3) is 0.500. The Labute approximate surface area is 116 Å². The van der Waals surface area contributed by atoms with Gasteiger partial charge in [-0.15, -0.1) is 0 Å². The standard InChI is InChI=1S/C14H17N3O3/c1-9-6-11(20-15-9)8-14(18)17-5-3-4-13(17)12-7-10(2)19-16-12/h6-7,13H,3-5,8H2,1-2H3. The van der Waals surface area contributed by atoms with Crippen LogP contribution in [0.1, 0.15) is 41.8 Å². The maximum Gasteiger partial charge on any atom is 0.230 e. The van der Waals surface area contributed by atoms with Crippen molar-refractivity contribution >= 4 is 5.91 Å². The summed E-state index contributed by atoms with van der Waals surface area (Å²) in [4.78, 5) is 14.3. The Bertz CT molecular complexity index is 617. The van der Waals surface area contributed by atoms with Gasteiger partial charge >= 0.3 is 0 Å². The minimum Gasteiger partial charge on any atom is -0.361 e. The van der Waals surface area contributed by atoms with Crippen LogP contribution in [0.3, 0.4) is 0 Å². The van der Waals surface area contributed by atoms with Gasteiger partial charge in [0.2, 0.25) is 5.91 Å². The summed E-state index contributed by atoms with van der Waals surface area (Å²) in [5.41, 5.74) is 1.62. The van der Waals surface area contributed by atoms with Gasteiger partial charge < -0.3 is 13.9 Å². The summed E-state index contributed by atoms with van der Waals surface area (Å²) in [6.45, 7) is 4.45. The third kappa shape index (κ3) is 2.45. The number of likely N-dealkylation sites (tertiary alicyclic amines) is 1. The first-order valence-electron chi connectivity index (χ1n) is 6.78. The van der Waals surface area contributed by atoms with Crippen molar-refractivity contribution < 1.29 is 13.8 Å². The highest BCUT2D eigenvalue weighted by molar-refractivity contribution is 5.78. The molecule has 6 heteroatoms. The van der Waals surface area contributed by atoms with Gasteiger partial charge in [-0.25, -0.2) is 0 Å². The third-order valence-electron chi connectivity index (χ3n) is 3.56. The largest absolute Gasteiger partial charge is 0.361 e. The second kappa shape index (κ2) is 5.11. The maximum absolute atomic E-state index is 12.4. The van der Waals surface area contributed by atoms with Crippen molar-refractivity contribution in [2.75, 3.05) is 6.54 Å². The third-order valence-corrected chi connectivity index (χ3v) is 3.56. The molecule has 0 saturated carbocycles. The van der Waals surface area contributed by atoms with Gasteiger partial charge in [0.1, 0.15) is 17.2 Å². The molecule has 0 N–H and O–H groups in total. The number of aromatic nitrogens is 2. The van der Waals surface area contributed by atoms with E-state index in [0.29, 0.717) is 5.76 Å². The maximum atomic E-state index is 12.4. The average Bonchev–Trinajstić information content (AvgIpc) is 3.09. The lowest BCUT2D eigenvalue weighted by molar-refractivity contribution is -0.131. The first-order valence-corrected chi connectivity index (χ1v) is 6.78. The minimum absolute atomic E-state index is 0.0176. The zero-order valence-electron chi connectivity index (χ0n) is 11.6. The molecule has 2 aromatic heterocycles. The fourth-order valence-corrected chi connectivity index (χ4v) is 2.67. The van der Waals surface area contributed by atoms with Crippen LogP contribution in [0.15, 0.2) is 21.2 Å². The van der Waals surface area contributed by atoms with Crippen molar-refractivity contribution in [3.05, 3.63) is 35.0 Å². The first kappa shape index (κ1) is 12.9. The van der Waals surface area contributed by atoms with Crippen LogP contribution in [0.2, 0.25) is 0 Å². The quantitative estimate of drug-likeness (QED) is 0.858. The molecular weight excluding hydrogens is 258 g/mol. The van der Waals surface area contributed by atoms with Gasteiger partial charge in [-0.2, -0.15) is 0 Å². The molecule has 3 heterocycles. The van der Waals surface area contributed by atoms with Gasteiger partial charge in [0.25, 0.3) is 0 Å². The van der Waals surface area contributed by atoms with E-state index in [1.165, 1.54) is 0 Å². The zero-order valence-corrected chi connectivity index (χ0v) is 11.6. The number of amides is 1. The van der Waals surface area contributed by atoms with E-state index in [1.54, 1.807) is 6.07 Å². The van der Waals surface area contributed by atoms with Crippen molar-refractivity contribution in [2.45, 2.75) is 39.2 Å². The summed E-state index contributed by atoms with van der Waals surface area (Å²) in [6.07, 6.45) is 2.15. The van der Waals surface area contributed by atoms with E-state index in [0.717, 1.165) is 36.5 Å². The van der Waals surface area contributed by atoms with E-state index in [9.17, 15) is 4.79 Å². The topological polar surface area (TPSA) is 72.4 Å². The van der Waals surface area contributed by atoms with Crippen molar-refractivity contribution in [3.63, 3.8) is 0 Å². The highest BCUT2D eigenvalue weighted by Crippen LogP contribution is 2.32. The van der Waals surface area contributed by atoms with Crippen LogP contribution < -0.4 is 0 Å². The molecule has 2 aromatic rings. The predicted molar refractivity (Wildman–Crippen MR) is 69.9 cm³/mol. The fourth-order valence-electron chi connectivity index (χ4n) is 2.67. The van der Waals surface area contributed by atoms with Gasteiger partial charge in [-0.1, -0.05) is 10.3 Å². The molecule has 1 saturated heterocycles. The summed E-state index contributed by atoms with van der Waals surface area (Å²) >= 11 is 0. The molecule has 20 heavy (non-hydrogen) atoms. The molecule has 3 rings (SSSR count). The Balaban J connectivity index is 1.73. The van der Waals surface area contributed by atoms with Gasteiger partial charge in [-0.05, 0) is 26.7 Å². The van der Waals surface area contributed by atoms with Crippen molar-refractivity contribution in [1.29, 1.82) is 0 Å². The molecule has 1 unspecified atom stereocenters.